The van der Waals surface area contributed by atoms with Crippen LogP contribution in [0.3, 0.4) is 0 Å². The number of nitro benzene ring substituents is 1. The number of nitro groups is 1. The molecule has 0 aliphatic rings. The normalized spacial score (nSPS) is 10.3. The minimum absolute atomic E-state index is 0.0549. The van der Waals surface area contributed by atoms with E-state index in [2.05, 4.69) is 0 Å². The molecule has 0 amide bonds. The molecule has 0 fully saturated rings. The van der Waals surface area contributed by atoms with Gasteiger partial charge in [-0.25, -0.2) is 4.39 Å². The van der Waals surface area contributed by atoms with Crippen molar-refractivity contribution < 1.29 is 14.1 Å². The number of hydrogen-bond acceptors (Lipinski definition) is 3. The molecule has 0 aliphatic heterocycles. The molecule has 2 aromatic carbocycles. The predicted molar refractivity (Wildman–Crippen MR) is 73.6 cm³/mol. The summed E-state index contributed by atoms with van der Waals surface area (Å²) in [4.78, 5) is 10.4. The molecular weight excluding hydrogens is 285 g/mol. The first-order chi connectivity index (χ1) is 9.47. The van der Waals surface area contributed by atoms with Crippen LogP contribution in [0.2, 0.25) is 5.02 Å². The summed E-state index contributed by atoms with van der Waals surface area (Å²) in [5, 5.41) is 11.3. The van der Waals surface area contributed by atoms with Crippen molar-refractivity contribution in [1.29, 1.82) is 0 Å². The summed E-state index contributed by atoms with van der Waals surface area (Å²) in [6.07, 6.45) is 0. The zero-order chi connectivity index (χ0) is 14.7. The fourth-order valence-corrected chi connectivity index (χ4v) is 1.92. The smallest absolute Gasteiger partial charge is 0.276 e. The van der Waals surface area contributed by atoms with E-state index >= 15 is 0 Å². The van der Waals surface area contributed by atoms with Crippen molar-refractivity contribution in [2.24, 2.45) is 0 Å². The third kappa shape index (κ3) is 3.24. The van der Waals surface area contributed by atoms with E-state index < -0.39 is 10.7 Å². The van der Waals surface area contributed by atoms with Gasteiger partial charge in [-0.1, -0.05) is 17.7 Å². The standard InChI is InChI=1S/C14H11ClFNO3/c1-9-2-4-12(16)14(6-9)20-8-10-7-11(15)3-5-13(10)17(18)19/h2-7H,8H2,1H3. The monoisotopic (exact) mass is 295 g/mol. The molecule has 0 unspecified atom stereocenters. The zero-order valence-corrected chi connectivity index (χ0v) is 11.4. The minimum Gasteiger partial charge on any atom is -0.486 e. The van der Waals surface area contributed by atoms with Crippen molar-refractivity contribution in [3.05, 3.63) is 68.5 Å². The molecule has 0 spiro atoms. The number of hydrogen-bond donors (Lipinski definition) is 0. The summed E-state index contributed by atoms with van der Waals surface area (Å²) in [6, 6.07) is 8.60. The van der Waals surface area contributed by atoms with Gasteiger partial charge in [-0.15, -0.1) is 0 Å². The van der Waals surface area contributed by atoms with Crippen LogP contribution >= 0.6 is 11.6 Å². The maximum absolute atomic E-state index is 13.5. The third-order valence-corrected chi connectivity index (χ3v) is 2.94. The topological polar surface area (TPSA) is 52.4 Å². The first kappa shape index (κ1) is 14.3. The number of nitrogens with zero attached hydrogens (tertiary/aromatic N) is 1. The highest BCUT2D eigenvalue weighted by molar-refractivity contribution is 6.30. The van der Waals surface area contributed by atoms with Crippen molar-refractivity contribution in [3.63, 3.8) is 0 Å². The molecule has 0 bridgehead atoms. The predicted octanol–water partition coefficient (Wildman–Crippen LogP) is 4.27. The Kier molecular flexibility index (Phi) is 4.20. The van der Waals surface area contributed by atoms with Gasteiger partial charge >= 0.3 is 0 Å². The first-order valence-electron chi connectivity index (χ1n) is 5.79. The number of benzene rings is 2. The highest BCUT2D eigenvalue weighted by atomic mass is 35.5. The summed E-state index contributed by atoms with van der Waals surface area (Å²) in [5.74, 6) is -0.459. The molecule has 0 saturated heterocycles. The summed E-state index contributed by atoms with van der Waals surface area (Å²) in [5.41, 5.74) is 1.02. The lowest BCUT2D eigenvalue weighted by molar-refractivity contribution is -0.385. The van der Waals surface area contributed by atoms with Gasteiger partial charge in [0, 0.05) is 11.1 Å². The molecule has 104 valence electrons. The van der Waals surface area contributed by atoms with E-state index in [1.807, 2.05) is 0 Å². The largest absolute Gasteiger partial charge is 0.486 e. The fourth-order valence-electron chi connectivity index (χ4n) is 1.72. The molecule has 0 saturated carbocycles. The van der Waals surface area contributed by atoms with Gasteiger partial charge in [0.2, 0.25) is 0 Å². The minimum atomic E-state index is -0.526. The fraction of sp³-hybridized carbons (Fsp3) is 0.143. The van der Waals surface area contributed by atoms with Crippen LogP contribution in [0.5, 0.6) is 5.75 Å². The molecular formula is C14H11ClFNO3. The molecule has 0 atom stereocenters. The van der Waals surface area contributed by atoms with Gasteiger partial charge in [0.05, 0.1) is 10.5 Å². The van der Waals surface area contributed by atoms with Gasteiger partial charge in [-0.05, 0) is 36.8 Å². The molecule has 0 N–H and O–H groups in total. The Hall–Kier alpha value is -2.14. The number of rotatable bonds is 4. The molecule has 2 aromatic rings. The Morgan fingerprint density at radius 2 is 2.05 bits per heavy atom. The highest BCUT2D eigenvalue weighted by Gasteiger charge is 2.15. The van der Waals surface area contributed by atoms with Gasteiger partial charge in [0.1, 0.15) is 6.61 Å². The second-order valence-corrected chi connectivity index (χ2v) is 4.69. The van der Waals surface area contributed by atoms with Crippen molar-refractivity contribution >= 4 is 17.3 Å². The maximum atomic E-state index is 13.5. The number of ether oxygens (including phenoxy) is 1. The number of halogens is 2. The van der Waals surface area contributed by atoms with Gasteiger partial charge in [0.25, 0.3) is 5.69 Å². The first-order valence-corrected chi connectivity index (χ1v) is 6.17. The van der Waals surface area contributed by atoms with Crippen LogP contribution < -0.4 is 4.74 Å². The van der Waals surface area contributed by atoms with Crippen LogP contribution in [0.4, 0.5) is 10.1 Å². The molecule has 20 heavy (non-hydrogen) atoms. The second kappa shape index (κ2) is 5.88. The van der Waals surface area contributed by atoms with Gasteiger partial charge in [0.15, 0.2) is 11.6 Å². The van der Waals surface area contributed by atoms with E-state index in [-0.39, 0.29) is 18.0 Å². The molecule has 0 heterocycles. The quantitative estimate of drug-likeness (QED) is 0.625. The van der Waals surface area contributed by atoms with Crippen LogP contribution in [0.25, 0.3) is 0 Å². The van der Waals surface area contributed by atoms with Crippen LogP contribution in [-0.2, 0) is 6.61 Å². The lowest BCUT2D eigenvalue weighted by Crippen LogP contribution is -2.02. The Bertz CT molecular complexity index is 661. The van der Waals surface area contributed by atoms with Crippen molar-refractivity contribution in [1.82, 2.24) is 0 Å². The van der Waals surface area contributed by atoms with Crippen molar-refractivity contribution in [2.45, 2.75) is 13.5 Å². The SMILES string of the molecule is Cc1ccc(F)c(OCc2cc(Cl)ccc2[N+](=O)[O-])c1. The maximum Gasteiger partial charge on any atom is 0.276 e. The Labute approximate surface area is 119 Å². The average molecular weight is 296 g/mol. The van der Waals surface area contributed by atoms with Crippen molar-refractivity contribution in [2.75, 3.05) is 0 Å². The summed E-state index contributed by atoms with van der Waals surface area (Å²) < 4.78 is 18.8. The van der Waals surface area contributed by atoms with E-state index in [0.29, 0.717) is 10.6 Å². The number of aryl methyl sites for hydroxylation is 1. The third-order valence-electron chi connectivity index (χ3n) is 2.71. The Morgan fingerprint density at radius 3 is 2.75 bits per heavy atom. The molecule has 0 aromatic heterocycles. The average Bonchev–Trinajstić information content (AvgIpc) is 2.39. The van der Waals surface area contributed by atoms with Gasteiger partial charge < -0.3 is 4.74 Å². The Balaban J connectivity index is 2.24. The van der Waals surface area contributed by atoms with Crippen LogP contribution in [0, 0.1) is 22.9 Å². The van der Waals surface area contributed by atoms with E-state index in [9.17, 15) is 14.5 Å². The second-order valence-electron chi connectivity index (χ2n) is 4.25. The lowest BCUT2D eigenvalue weighted by Gasteiger charge is -2.09. The summed E-state index contributed by atoms with van der Waals surface area (Å²) in [7, 11) is 0. The van der Waals surface area contributed by atoms with Gasteiger partial charge in [-0.2, -0.15) is 0 Å². The van der Waals surface area contributed by atoms with Crippen molar-refractivity contribution in [3.8, 4) is 5.75 Å². The molecule has 2 rings (SSSR count). The molecule has 0 radical (unpaired) electrons. The molecule has 4 nitrogen and oxygen atoms in total. The van der Waals surface area contributed by atoms with Crippen LogP contribution in [0.1, 0.15) is 11.1 Å². The zero-order valence-electron chi connectivity index (χ0n) is 10.6. The van der Waals surface area contributed by atoms with Crippen LogP contribution in [0.15, 0.2) is 36.4 Å². The van der Waals surface area contributed by atoms with Crippen LogP contribution in [-0.4, -0.2) is 4.92 Å². The summed E-state index contributed by atoms with van der Waals surface area (Å²) >= 11 is 5.81. The van der Waals surface area contributed by atoms with E-state index in [1.54, 1.807) is 13.0 Å². The summed E-state index contributed by atoms with van der Waals surface area (Å²) in [6.45, 7) is 1.67. The Morgan fingerprint density at radius 1 is 1.30 bits per heavy atom. The highest BCUT2D eigenvalue weighted by Crippen LogP contribution is 2.25. The van der Waals surface area contributed by atoms with E-state index in [0.717, 1.165) is 5.56 Å². The molecule has 0 aliphatic carbocycles. The molecule has 6 heteroatoms. The van der Waals surface area contributed by atoms with Gasteiger partial charge in [-0.3, -0.25) is 10.1 Å². The lowest BCUT2D eigenvalue weighted by atomic mass is 10.2. The van der Waals surface area contributed by atoms with E-state index in [1.165, 1.54) is 30.3 Å². The van der Waals surface area contributed by atoms with E-state index in [4.69, 9.17) is 16.3 Å².